The van der Waals surface area contributed by atoms with Crippen molar-refractivity contribution in [2.75, 3.05) is 33.1 Å². The molecule has 0 spiro atoms. The van der Waals surface area contributed by atoms with E-state index in [1.807, 2.05) is 0 Å². The molecular formula is C14H18ClFN2O4S. The molecule has 2 atom stereocenters. The highest BCUT2D eigenvalue weighted by Crippen LogP contribution is 2.21. The Hall–Kier alpha value is -1.22. The highest BCUT2D eigenvalue weighted by atomic mass is 35.5. The van der Waals surface area contributed by atoms with E-state index >= 15 is 0 Å². The van der Waals surface area contributed by atoms with E-state index in [0.717, 1.165) is 10.4 Å². The van der Waals surface area contributed by atoms with Crippen molar-refractivity contribution in [3.63, 3.8) is 0 Å². The molecular weight excluding hydrogens is 347 g/mol. The van der Waals surface area contributed by atoms with E-state index < -0.39 is 33.7 Å². The lowest BCUT2D eigenvalue weighted by Gasteiger charge is -2.21. The van der Waals surface area contributed by atoms with Crippen LogP contribution in [-0.2, 0) is 14.8 Å². The zero-order valence-electron chi connectivity index (χ0n) is 12.8. The van der Waals surface area contributed by atoms with Gasteiger partial charge >= 0.3 is 0 Å². The fourth-order valence-corrected chi connectivity index (χ4v) is 3.71. The summed E-state index contributed by atoms with van der Waals surface area (Å²) in [5.74, 6) is -1.98. The summed E-state index contributed by atoms with van der Waals surface area (Å²) in [5.41, 5.74) is -0.254. The monoisotopic (exact) mass is 364 g/mol. The Morgan fingerprint density at radius 1 is 1.43 bits per heavy atom. The number of carbonyl (C=O) groups is 1. The van der Waals surface area contributed by atoms with Crippen LogP contribution in [0.4, 0.5) is 4.39 Å². The van der Waals surface area contributed by atoms with Gasteiger partial charge < -0.3 is 10.1 Å². The largest absolute Gasteiger partial charge is 0.379 e. The molecule has 1 amide bonds. The second kappa shape index (κ2) is 7.12. The molecule has 0 aliphatic carbocycles. The van der Waals surface area contributed by atoms with Gasteiger partial charge in [-0.25, -0.2) is 17.1 Å². The van der Waals surface area contributed by atoms with Gasteiger partial charge in [0.05, 0.1) is 35.6 Å². The normalized spacial score (nSPS) is 21.6. The van der Waals surface area contributed by atoms with Crippen LogP contribution in [0.2, 0.25) is 5.02 Å². The second-order valence-corrected chi connectivity index (χ2v) is 8.17. The van der Waals surface area contributed by atoms with Crippen LogP contribution in [0.3, 0.4) is 0 Å². The van der Waals surface area contributed by atoms with Crippen LogP contribution in [0, 0.1) is 11.7 Å². The number of halogens is 2. The molecule has 1 aliphatic rings. The lowest BCUT2D eigenvalue weighted by atomic mass is 10.1. The first-order valence-electron chi connectivity index (χ1n) is 6.95. The third kappa shape index (κ3) is 4.20. The van der Waals surface area contributed by atoms with Crippen LogP contribution in [0.25, 0.3) is 0 Å². The fourth-order valence-electron chi connectivity index (χ4n) is 2.30. The Bertz CT molecular complexity index is 676. The molecule has 6 nitrogen and oxygen atoms in total. The van der Waals surface area contributed by atoms with Crippen molar-refractivity contribution in [2.24, 2.45) is 5.92 Å². The molecule has 2 rings (SSSR count). The van der Waals surface area contributed by atoms with Gasteiger partial charge in [-0.05, 0) is 12.1 Å². The molecule has 128 valence electrons. The Labute approximate surface area is 139 Å². The first-order chi connectivity index (χ1) is 10.7. The number of hydrogen-bond donors (Lipinski definition) is 1. The van der Waals surface area contributed by atoms with E-state index in [-0.39, 0.29) is 29.6 Å². The molecule has 23 heavy (non-hydrogen) atoms. The predicted molar refractivity (Wildman–Crippen MR) is 84.4 cm³/mol. The standard InChI is InChI=1S/C14H18ClFN2O4S/c1-18(2)23(20,21)8-9-6-22-7-12(9)17-14(19)13-10(15)4-3-5-11(13)16/h3-5,9,12H,6-8H2,1-2H3,(H,17,19)/t9-,12-/m0/s1. The molecule has 1 aromatic rings. The molecule has 1 aliphatic heterocycles. The highest BCUT2D eigenvalue weighted by molar-refractivity contribution is 7.89. The zero-order chi connectivity index (χ0) is 17.2. The minimum absolute atomic E-state index is 0.00104. The minimum atomic E-state index is -3.43. The molecule has 1 aromatic carbocycles. The Morgan fingerprint density at radius 3 is 2.74 bits per heavy atom. The number of sulfonamides is 1. The maximum Gasteiger partial charge on any atom is 0.256 e. The quantitative estimate of drug-likeness (QED) is 0.849. The van der Waals surface area contributed by atoms with Crippen molar-refractivity contribution >= 4 is 27.5 Å². The summed E-state index contributed by atoms with van der Waals surface area (Å²) in [6.45, 7) is 0.383. The van der Waals surface area contributed by atoms with Crippen molar-refractivity contribution < 1.29 is 22.3 Å². The van der Waals surface area contributed by atoms with Crippen molar-refractivity contribution in [1.29, 1.82) is 0 Å². The molecule has 9 heteroatoms. The Morgan fingerprint density at radius 2 is 2.13 bits per heavy atom. The number of benzene rings is 1. The van der Waals surface area contributed by atoms with Gasteiger partial charge in [0.2, 0.25) is 10.0 Å². The summed E-state index contributed by atoms with van der Waals surface area (Å²) in [4.78, 5) is 12.2. The van der Waals surface area contributed by atoms with E-state index in [9.17, 15) is 17.6 Å². The Balaban J connectivity index is 2.11. The van der Waals surface area contributed by atoms with Gasteiger partial charge in [0.25, 0.3) is 5.91 Å². The van der Waals surface area contributed by atoms with E-state index in [1.54, 1.807) is 0 Å². The summed E-state index contributed by atoms with van der Waals surface area (Å²) < 4.78 is 44.1. The molecule has 1 fully saturated rings. The number of rotatable bonds is 5. The topological polar surface area (TPSA) is 75.7 Å². The van der Waals surface area contributed by atoms with Gasteiger partial charge in [-0.1, -0.05) is 17.7 Å². The predicted octanol–water partition coefficient (Wildman–Crippen LogP) is 1.12. The van der Waals surface area contributed by atoms with Gasteiger partial charge in [-0.3, -0.25) is 4.79 Å². The summed E-state index contributed by atoms with van der Waals surface area (Å²) in [5, 5.41) is 2.62. The first kappa shape index (κ1) is 18.1. The summed E-state index contributed by atoms with van der Waals surface area (Å²) in [6.07, 6.45) is 0. The first-order valence-corrected chi connectivity index (χ1v) is 8.94. The van der Waals surface area contributed by atoms with Gasteiger partial charge in [0.1, 0.15) is 5.82 Å². The number of nitrogens with one attached hydrogen (secondary N) is 1. The molecule has 1 saturated heterocycles. The number of amides is 1. The SMILES string of the molecule is CN(C)S(=O)(=O)C[C@@H]1COC[C@@H]1NC(=O)c1c(F)cccc1Cl. The molecule has 0 radical (unpaired) electrons. The Kier molecular flexibility index (Phi) is 5.61. The zero-order valence-corrected chi connectivity index (χ0v) is 14.3. The number of carbonyl (C=O) groups excluding carboxylic acids is 1. The van der Waals surface area contributed by atoms with Crippen molar-refractivity contribution in [2.45, 2.75) is 6.04 Å². The van der Waals surface area contributed by atoms with Crippen LogP contribution in [0.5, 0.6) is 0 Å². The van der Waals surface area contributed by atoms with Crippen LogP contribution in [0.1, 0.15) is 10.4 Å². The van der Waals surface area contributed by atoms with Crippen molar-refractivity contribution in [3.8, 4) is 0 Å². The van der Waals surface area contributed by atoms with Gasteiger partial charge in [-0.15, -0.1) is 0 Å². The molecule has 1 N–H and O–H groups in total. The van der Waals surface area contributed by atoms with Crippen molar-refractivity contribution in [3.05, 3.63) is 34.6 Å². The average Bonchev–Trinajstić information content (AvgIpc) is 2.84. The fraction of sp³-hybridized carbons (Fsp3) is 0.500. The van der Waals surface area contributed by atoms with Crippen LogP contribution >= 0.6 is 11.6 Å². The van der Waals surface area contributed by atoms with E-state index in [1.165, 1.54) is 26.2 Å². The van der Waals surface area contributed by atoms with E-state index in [2.05, 4.69) is 5.32 Å². The van der Waals surface area contributed by atoms with Crippen LogP contribution in [-0.4, -0.2) is 57.7 Å². The van der Waals surface area contributed by atoms with Gasteiger partial charge in [0.15, 0.2) is 0 Å². The highest BCUT2D eigenvalue weighted by Gasteiger charge is 2.34. The third-order valence-electron chi connectivity index (χ3n) is 3.69. The number of nitrogens with zero attached hydrogens (tertiary/aromatic N) is 1. The van der Waals surface area contributed by atoms with E-state index in [4.69, 9.17) is 16.3 Å². The molecule has 0 unspecified atom stereocenters. The second-order valence-electron chi connectivity index (χ2n) is 5.54. The van der Waals surface area contributed by atoms with Gasteiger partial charge in [-0.2, -0.15) is 0 Å². The summed E-state index contributed by atoms with van der Waals surface area (Å²) in [6, 6.07) is 3.44. The van der Waals surface area contributed by atoms with E-state index in [0.29, 0.717) is 0 Å². The minimum Gasteiger partial charge on any atom is -0.379 e. The maximum atomic E-state index is 13.8. The molecule has 1 heterocycles. The smallest absolute Gasteiger partial charge is 0.256 e. The van der Waals surface area contributed by atoms with Crippen LogP contribution < -0.4 is 5.32 Å². The van der Waals surface area contributed by atoms with Crippen LogP contribution in [0.15, 0.2) is 18.2 Å². The molecule has 0 bridgehead atoms. The van der Waals surface area contributed by atoms with Gasteiger partial charge in [0, 0.05) is 20.0 Å². The average molecular weight is 365 g/mol. The molecule has 0 aromatic heterocycles. The molecule has 0 saturated carbocycles. The lowest BCUT2D eigenvalue weighted by molar-refractivity contribution is 0.0922. The number of ether oxygens (including phenoxy) is 1. The maximum absolute atomic E-state index is 13.8. The summed E-state index contributed by atoms with van der Waals surface area (Å²) >= 11 is 5.86. The lowest BCUT2D eigenvalue weighted by Crippen LogP contribution is -2.43. The van der Waals surface area contributed by atoms with Crippen molar-refractivity contribution in [1.82, 2.24) is 9.62 Å². The number of hydrogen-bond acceptors (Lipinski definition) is 4. The summed E-state index contributed by atoms with van der Waals surface area (Å²) in [7, 11) is -0.545. The third-order valence-corrected chi connectivity index (χ3v) is 5.96.